The molecule has 34 heavy (non-hydrogen) atoms. The summed E-state index contributed by atoms with van der Waals surface area (Å²) in [5.74, 6) is 0.678. The van der Waals surface area contributed by atoms with E-state index in [4.69, 9.17) is 38.0 Å². The van der Waals surface area contributed by atoms with Crippen molar-refractivity contribution in [3.05, 3.63) is 0 Å². The second kappa shape index (κ2) is 14.3. The van der Waals surface area contributed by atoms with Crippen LogP contribution in [0.1, 0.15) is 33.6 Å². The van der Waals surface area contributed by atoms with Gasteiger partial charge in [0.1, 0.15) is 0 Å². The third-order valence-corrected chi connectivity index (χ3v) is 11.0. The SMILES string of the molecule is CC1CO[Si](CCCNC(N)=O)(OCC(C)CO[Si]2(CCCNC(N)=O)OCC(C)CO2)OC1. The fourth-order valence-electron chi connectivity index (χ4n) is 3.48. The molecule has 2 fully saturated rings. The van der Waals surface area contributed by atoms with Crippen molar-refractivity contribution in [2.45, 2.75) is 45.7 Å². The first-order valence-electron chi connectivity index (χ1n) is 12.0. The largest absolute Gasteiger partial charge is 0.501 e. The first kappa shape index (κ1) is 29.0. The Kier molecular flexibility index (Phi) is 12.2. The van der Waals surface area contributed by atoms with E-state index in [0.29, 0.717) is 89.5 Å². The summed E-state index contributed by atoms with van der Waals surface area (Å²) in [5, 5.41) is 5.18. The van der Waals surface area contributed by atoms with Crippen LogP contribution in [-0.4, -0.2) is 82.4 Å². The van der Waals surface area contributed by atoms with Crippen LogP contribution in [0.4, 0.5) is 9.59 Å². The van der Waals surface area contributed by atoms with Crippen LogP contribution in [0.5, 0.6) is 0 Å². The van der Waals surface area contributed by atoms with Crippen LogP contribution in [0.25, 0.3) is 0 Å². The van der Waals surface area contributed by atoms with Crippen molar-refractivity contribution in [1.82, 2.24) is 10.6 Å². The molecule has 2 aliphatic heterocycles. The summed E-state index contributed by atoms with van der Waals surface area (Å²) in [6.45, 7) is 10.2. The van der Waals surface area contributed by atoms with Crippen LogP contribution in [-0.2, 0) is 26.6 Å². The van der Waals surface area contributed by atoms with Gasteiger partial charge in [0.15, 0.2) is 0 Å². The number of hydrogen-bond donors (Lipinski definition) is 4. The second-order valence-electron chi connectivity index (χ2n) is 9.34. The first-order chi connectivity index (χ1) is 16.1. The molecule has 0 atom stereocenters. The number of carbonyl (C=O) groups excluding carboxylic acids is 2. The van der Waals surface area contributed by atoms with Crippen molar-refractivity contribution in [2.75, 3.05) is 52.7 Å². The predicted molar refractivity (Wildman–Crippen MR) is 129 cm³/mol. The van der Waals surface area contributed by atoms with Gasteiger partial charge in [-0.3, -0.25) is 0 Å². The molecule has 12 nitrogen and oxygen atoms in total. The van der Waals surface area contributed by atoms with E-state index in [1.807, 2.05) is 6.92 Å². The molecule has 0 saturated carbocycles. The second-order valence-corrected chi connectivity index (χ2v) is 14.8. The van der Waals surface area contributed by atoms with E-state index in [0.717, 1.165) is 0 Å². The van der Waals surface area contributed by atoms with Crippen LogP contribution in [0, 0.1) is 17.8 Å². The number of hydrogen-bond acceptors (Lipinski definition) is 8. The summed E-state index contributed by atoms with van der Waals surface area (Å²) in [6, 6.07) is 0.102. The highest BCUT2D eigenvalue weighted by Gasteiger charge is 2.46. The molecule has 2 saturated heterocycles. The van der Waals surface area contributed by atoms with Gasteiger partial charge in [0.2, 0.25) is 0 Å². The Bertz CT molecular complexity index is 580. The molecule has 0 aromatic rings. The van der Waals surface area contributed by atoms with Gasteiger partial charge in [-0.15, -0.1) is 0 Å². The number of nitrogens with one attached hydrogen (secondary N) is 2. The van der Waals surface area contributed by atoms with Crippen LogP contribution >= 0.6 is 0 Å². The van der Waals surface area contributed by atoms with Gasteiger partial charge in [0, 0.05) is 82.6 Å². The first-order valence-corrected chi connectivity index (χ1v) is 15.9. The molecule has 0 aromatic carbocycles. The molecule has 0 radical (unpaired) electrons. The summed E-state index contributed by atoms with van der Waals surface area (Å²) in [7, 11) is -5.69. The maximum Gasteiger partial charge on any atom is 0.501 e. The molecular weight excluding hydrogens is 480 g/mol. The van der Waals surface area contributed by atoms with E-state index in [-0.39, 0.29) is 5.92 Å². The van der Waals surface area contributed by atoms with Gasteiger partial charge < -0.3 is 48.7 Å². The molecule has 0 aliphatic carbocycles. The fraction of sp³-hybridized carbons (Fsp3) is 0.900. The summed E-state index contributed by atoms with van der Waals surface area (Å²) < 4.78 is 36.8. The number of rotatable bonds is 14. The third-order valence-electron chi connectivity index (χ3n) is 5.44. The lowest BCUT2D eigenvalue weighted by Gasteiger charge is -2.38. The predicted octanol–water partition coefficient (Wildman–Crippen LogP) is 1.02. The Hall–Kier alpha value is -1.27. The molecule has 0 spiro atoms. The van der Waals surface area contributed by atoms with Crippen molar-refractivity contribution in [3.8, 4) is 0 Å². The molecule has 6 N–H and O–H groups in total. The van der Waals surface area contributed by atoms with E-state index in [1.54, 1.807) is 0 Å². The summed E-state index contributed by atoms with van der Waals surface area (Å²) in [6.07, 6.45) is 1.31. The zero-order chi connectivity index (χ0) is 25.0. The summed E-state index contributed by atoms with van der Waals surface area (Å²) in [4.78, 5) is 21.8. The molecule has 2 rings (SSSR count). The van der Waals surface area contributed by atoms with Crippen molar-refractivity contribution in [3.63, 3.8) is 0 Å². The Morgan fingerprint density at radius 3 is 1.50 bits per heavy atom. The number of nitrogens with two attached hydrogens (primary N) is 2. The van der Waals surface area contributed by atoms with Gasteiger partial charge >= 0.3 is 29.7 Å². The van der Waals surface area contributed by atoms with E-state index >= 15 is 0 Å². The van der Waals surface area contributed by atoms with Crippen LogP contribution < -0.4 is 22.1 Å². The van der Waals surface area contributed by atoms with Crippen LogP contribution in [0.2, 0.25) is 12.1 Å². The Labute approximate surface area is 204 Å². The smallest absolute Gasteiger partial charge is 0.373 e. The summed E-state index contributed by atoms with van der Waals surface area (Å²) in [5.41, 5.74) is 10.3. The lowest BCUT2D eigenvalue weighted by molar-refractivity contribution is -0.0268. The zero-order valence-electron chi connectivity index (χ0n) is 20.6. The lowest BCUT2D eigenvalue weighted by atomic mass is 10.2. The average molecular weight is 523 g/mol. The number of carbonyl (C=O) groups is 2. The number of amides is 4. The standard InChI is InChI=1S/C20H42N4O8Si2/c1-16-10-27-33(28-11-16,8-4-6-23-19(21)25)31-14-18(3)15-32-34(9-5-7-24-20(22)26)29-12-17(2)13-30-34/h16-18H,4-15H2,1-3H3,(H3,21,23,25)(H3,22,24,26). The fourth-order valence-corrected chi connectivity index (χ4v) is 9.29. The minimum atomic E-state index is -2.84. The average Bonchev–Trinajstić information content (AvgIpc) is 2.80. The maximum atomic E-state index is 10.9. The highest BCUT2D eigenvalue weighted by atomic mass is 28.4. The Balaban J connectivity index is 1.84. The third kappa shape index (κ3) is 10.6. The van der Waals surface area contributed by atoms with Gasteiger partial charge in [-0.25, -0.2) is 9.59 Å². The highest BCUT2D eigenvalue weighted by Crippen LogP contribution is 2.27. The van der Waals surface area contributed by atoms with Crippen molar-refractivity contribution in [1.29, 1.82) is 0 Å². The minimum Gasteiger partial charge on any atom is -0.373 e. The molecule has 2 aliphatic rings. The quantitative estimate of drug-likeness (QED) is 0.194. The highest BCUT2D eigenvalue weighted by molar-refractivity contribution is 6.61. The van der Waals surface area contributed by atoms with Gasteiger partial charge in [0.05, 0.1) is 0 Å². The molecule has 14 heteroatoms. The van der Waals surface area contributed by atoms with E-state index in [2.05, 4.69) is 24.5 Å². The lowest BCUT2D eigenvalue weighted by Crippen LogP contribution is -2.53. The molecule has 0 bridgehead atoms. The van der Waals surface area contributed by atoms with Crippen LogP contribution in [0.15, 0.2) is 0 Å². The molecule has 198 valence electrons. The zero-order valence-corrected chi connectivity index (χ0v) is 22.6. The molecule has 0 unspecified atom stereocenters. The van der Waals surface area contributed by atoms with Gasteiger partial charge in [-0.05, 0) is 12.8 Å². The Morgan fingerprint density at radius 1 is 0.824 bits per heavy atom. The minimum absolute atomic E-state index is 0.0549. The monoisotopic (exact) mass is 522 g/mol. The van der Waals surface area contributed by atoms with Crippen molar-refractivity contribution < 1.29 is 36.1 Å². The van der Waals surface area contributed by atoms with E-state index < -0.39 is 29.7 Å². The topological polar surface area (TPSA) is 166 Å². The Morgan fingerprint density at radius 2 is 1.18 bits per heavy atom. The van der Waals surface area contributed by atoms with Crippen molar-refractivity contribution in [2.24, 2.45) is 29.2 Å². The summed E-state index contributed by atoms with van der Waals surface area (Å²) >= 11 is 0. The van der Waals surface area contributed by atoms with Gasteiger partial charge in [-0.2, -0.15) is 0 Å². The molecule has 0 aromatic heterocycles. The van der Waals surface area contributed by atoms with Crippen molar-refractivity contribution >= 4 is 29.7 Å². The van der Waals surface area contributed by atoms with Gasteiger partial charge in [0.25, 0.3) is 0 Å². The molecular formula is C20H42N4O8Si2. The normalized spacial score (nSPS) is 30.4. The molecule has 2 heterocycles. The van der Waals surface area contributed by atoms with E-state index in [9.17, 15) is 9.59 Å². The number of urea groups is 2. The number of primary amides is 2. The van der Waals surface area contributed by atoms with E-state index in [1.165, 1.54) is 0 Å². The molecule has 4 amide bonds. The van der Waals surface area contributed by atoms with Gasteiger partial charge in [-0.1, -0.05) is 20.8 Å². The maximum absolute atomic E-state index is 10.9. The van der Waals surface area contributed by atoms with Crippen LogP contribution in [0.3, 0.4) is 0 Å².